The van der Waals surface area contributed by atoms with E-state index >= 15 is 0 Å². The minimum Gasteiger partial charge on any atom is -0.384 e. The van der Waals surface area contributed by atoms with Crippen molar-refractivity contribution in [3.63, 3.8) is 0 Å². The van der Waals surface area contributed by atoms with Gasteiger partial charge < -0.3 is 5.32 Å². The van der Waals surface area contributed by atoms with Gasteiger partial charge in [-0.3, -0.25) is 0 Å². The van der Waals surface area contributed by atoms with Crippen molar-refractivity contribution < 1.29 is 4.39 Å². The predicted molar refractivity (Wildman–Crippen MR) is 54.7 cm³/mol. The number of nitrogens with one attached hydrogen (secondary N) is 1. The van der Waals surface area contributed by atoms with Gasteiger partial charge in [-0.1, -0.05) is 25.4 Å². The largest absolute Gasteiger partial charge is 0.384 e. The quantitative estimate of drug-likeness (QED) is 0.789. The summed E-state index contributed by atoms with van der Waals surface area (Å²) in [5.74, 6) is 0.237. The molecule has 1 aromatic rings. The van der Waals surface area contributed by atoms with E-state index in [2.05, 4.69) is 19.2 Å². The van der Waals surface area contributed by atoms with Crippen molar-refractivity contribution in [1.29, 1.82) is 0 Å². The minimum atomic E-state index is -0.305. The van der Waals surface area contributed by atoms with Crippen molar-refractivity contribution in [2.75, 3.05) is 11.9 Å². The molecule has 0 aliphatic carbocycles. The van der Waals surface area contributed by atoms with Crippen LogP contribution in [-0.2, 0) is 0 Å². The lowest BCUT2D eigenvalue weighted by Crippen LogP contribution is -2.08. The van der Waals surface area contributed by atoms with Crippen molar-refractivity contribution in [3.8, 4) is 0 Å². The van der Waals surface area contributed by atoms with Gasteiger partial charge in [-0.15, -0.1) is 0 Å². The Morgan fingerprint density at radius 3 is 2.69 bits per heavy atom. The van der Waals surface area contributed by atoms with Gasteiger partial charge in [-0.05, 0) is 24.1 Å². The highest BCUT2D eigenvalue weighted by molar-refractivity contribution is 6.33. The van der Waals surface area contributed by atoms with Gasteiger partial charge in [0.25, 0.3) is 0 Å². The normalized spacial score (nSPS) is 10.5. The Morgan fingerprint density at radius 2 is 2.15 bits per heavy atom. The zero-order valence-corrected chi connectivity index (χ0v) is 8.53. The number of hydrogen-bond donors (Lipinski definition) is 1. The lowest BCUT2D eigenvalue weighted by atomic mass is 10.2. The van der Waals surface area contributed by atoms with Gasteiger partial charge in [-0.2, -0.15) is 0 Å². The third kappa shape index (κ3) is 3.23. The van der Waals surface area contributed by atoms with E-state index < -0.39 is 0 Å². The lowest BCUT2D eigenvalue weighted by molar-refractivity contribution is 0.628. The molecule has 1 N–H and O–H groups in total. The summed E-state index contributed by atoms with van der Waals surface area (Å²) in [5, 5.41) is 3.57. The van der Waals surface area contributed by atoms with E-state index in [0.29, 0.717) is 10.9 Å². The van der Waals surface area contributed by atoms with Gasteiger partial charge in [0.1, 0.15) is 5.82 Å². The Balaban J connectivity index is 2.67. The van der Waals surface area contributed by atoms with Crippen molar-refractivity contribution in [2.45, 2.75) is 13.8 Å². The molecule has 0 saturated heterocycles. The van der Waals surface area contributed by atoms with E-state index in [1.165, 1.54) is 12.1 Å². The zero-order valence-electron chi connectivity index (χ0n) is 7.77. The Hall–Kier alpha value is -0.760. The first-order valence-electron chi connectivity index (χ1n) is 4.28. The molecule has 0 aliphatic rings. The summed E-state index contributed by atoms with van der Waals surface area (Å²) in [6.07, 6.45) is 0. The van der Waals surface area contributed by atoms with Gasteiger partial charge in [0, 0.05) is 6.54 Å². The van der Waals surface area contributed by atoms with E-state index in [-0.39, 0.29) is 5.82 Å². The molecule has 0 saturated carbocycles. The molecule has 1 rings (SSSR count). The van der Waals surface area contributed by atoms with Gasteiger partial charge in [0.15, 0.2) is 0 Å². The number of halogens is 2. The average Bonchev–Trinajstić information content (AvgIpc) is 2.02. The topological polar surface area (TPSA) is 12.0 Å². The van der Waals surface area contributed by atoms with Crippen LogP contribution < -0.4 is 5.32 Å². The van der Waals surface area contributed by atoms with Crippen LogP contribution in [0.1, 0.15) is 13.8 Å². The van der Waals surface area contributed by atoms with Crippen LogP contribution >= 0.6 is 11.6 Å². The maximum atomic E-state index is 12.6. The maximum absolute atomic E-state index is 12.6. The third-order valence-corrected chi connectivity index (χ3v) is 1.94. The molecule has 72 valence electrons. The Bertz CT molecular complexity index is 286. The fourth-order valence-corrected chi connectivity index (χ4v) is 1.18. The van der Waals surface area contributed by atoms with Crippen molar-refractivity contribution in [3.05, 3.63) is 29.0 Å². The number of anilines is 1. The first-order valence-corrected chi connectivity index (χ1v) is 4.66. The lowest BCUT2D eigenvalue weighted by Gasteiger charge is -2.10. The van der Waals surface area contributed by atoms with E-state index in [1.807, 2.05) is 0 Å². The molecule has 13 heavy (non-hydrogen) atoms. The van der Waals surface area contributed by atoms with Crippen LogP contribution in [0.15, 0.2) is 18.2 Å². The highest BCUT2D eigenvalue weighted by Gasteiger charge is 2.01. The van der Waals surface area contributed by atoms with E-state index in [9.17, 15) is 4.39 Å². The summed E-state index contributed by atoms with van der Waals surface area (Å²) in [5.41, 5.74) is 0.789. The van der Waals surface area contributed by atoms with Crippen LogP contribution in [0.5, 0.6) is 0 Å². The van der Waals surface area contributed by atoms with Gasteiger partial charge in [0.05, 0.1) is 10.7 Å². The van der Waals surface area contributed by atoms with Crippen LogP contribution in [0, 0.1) is 11.7 Å². The Labute approximate surface area is 82.9 Å². The molecule has 0 spiro atoms. The smallest absolute Gasteiger partial charge is 0.124 e. The third-order valence-electron chi connectivity index (χ3n) is 1.63. The summed E-state index contributed by atoms with van der Waals surface area (Å²) in [6.45, 7) is 5.04. The summed E-state index contributed by atoms with van der Waals surface area (Å²) >= 11 is 5.81. The van der Waals surface area contributed by atoms with Gasteiger partial charge >= 0.3 is 0 Å². The molecule has 0 aromatic heterocycles. The summed E-state index contributed by atoms with van der Waals surface area (Å²) in [4.78, 5) is 0. The molecule has 1 aromatic carbocycles. The average molecular weight is 202 g/mol. The second kappa shape index (κ2) is 4.47. The summed E-state index contributed by atoms with van der Waals surface area (Å²) in [6, 6.07) is 4.36. The van der Waals surface area contributed by atoms with Crippen LogP contribution in [0.25, 0.3) is 0 Å². The van der Waals surface area contributed by atoms with Crippen LogP contribution in [0.4, 0.5) is 10.1 Å². The Morgan fingerprint density at radius 1 is 1.46 bits per heavy atom. The molecular formula is C10H13ClFN. The SMILES string of the molecule is CC(C)CNc1ccc(F)cc1Cl. The number of hydrogen-bond acceptors (Lipinski definition) is 1. The minimum absolute atomic E-state index is 0.305. The van der Waals surface area contributed by atoms with Crippen LogP contribution in [0.2, 0.25) is 5.02 Å². The van der Waals surface area contributed by atoms with Crippen molar-refractivity contribution >= 4 is 17.3 Å². The fraction of sp³-hybridized carbons (Fsp3) is 0.400. The highest BCUT2D eigenvalue weighted by atomic mass is 35.5. The summed E-state index contributed by atoms with van der Waals surface area (Å²) in [7, 11) is 0. The van der Waals surface area contributed by atoms with Gasteiger partial charge in [-0.25, -0.2) is 4.39 Å². The van der Waals surface area contributed by atoms with E-state index in [0.717, 1.165) is 12.2 Å². The Kier molecular flexibility index (Phi) is 3.55. The molecule has 0 heterocycles. The number of benzene rings is 1. The maximum Gasteiger partial charge on any atom is 0.124 e. The molecule has 0 amide bonds. The monoisotopic (exact) mass is 201 g/mol. The second-order valence-electron chi connectivity index (χ2n) is 3.40. The number of rotatable bonds is 3. The van der Waals surface area contributed by atoms with Crippen molar-refractivity contribution in [2.24, 2.45) is 5.92 Å². The highest BCUT2D eigenvalue weighted by Crippen LogP contribution is 2.22. The molecule has 0 radical (unpaired) electrons. The molecule has 0 atom stereocenters. The van der Waals surface area contributed by atoms with Crippen LogP contribution in [0.3, 0.4) is 0 Å². The van der Waals surface area contributed by atoms with E-state index in [1.54, 1.807) is 6.07 Å². The molecule has 0 unspecified atom stereocenters. The second-order valence-corrected chi connectivity index (χ2v) is 3.81. The van der Waals surface area contributed by atoms with Gasteiger partial charge in [0.2, 0.25) is 0 Å². The van der Waals surface area contributed by atoms with Crippen molar-refractivity contribution in [1.82, 2.24) is 0 Å². The predicted octanol–water partition coefficient (Wildman–Crippen LogP) is 3.55. The zero-order chi connectivity index (χ0) is 9.84. The summed E-state index contributed by atoms with van der Waals surface area (Å²) < 4.78 is 12.6. The fourth-order valence-electron chi connectivity index (χ4n) is 0.947. The first kappa shape index (κ1) is 10.3. The molecule has 0 bridgehead atoms. The van der Waals surface area contributed by atoms with Crippen LogP contribution in [-0.4, -0.2) is 6.54 Å². The molecule has 3 heteroatoms. The molecule has 0 fully saturated rings. The molecule has 0 aliphatic heterocycles. The molecule has 1 nitrogen and oxygen atoms in total. The van der Waals surface area contributed by atoms with E-state index in [4.69, 9.17) is 11.6 Å². The molecular weight excluding hydrogens is 189 g/mol. The first-order chi connectivity index (χ1) is 6.09. The standard InChI is InChI=1S/C10H13ClFN/c1-7(2)6-13-10-4-3-8(12)5-9(10)11/h3-5,7,13H,6H2,1-2H3.